The molecule has 0 amide bonds. The fourth-order valence-electron chi connectivity index (χ4n) is 1.35. The summed E-state index contributed by atoms with van der Waals surface area (Å²) >= 11 is 0. The summed E-state index contributed by atoms with van der Waals surface area (Å²) in [7, 11) is -3.02. The van der Waals surface area contributed by atoms with Gasteiger partial charge in [-0.2, -0.15) is 0 Å². The molecule has 2 rings (SSSR count). The van der Waals surface area contributed by atoms with Crippen LogP contribution in [-0.4, -0.2) is 25.4 Å². The van der Waals surface area contributed by atoms with Gasteiger partial charge in [-0.3, -0.25) is 0 Å². The lowest BCUT2D eigenvalue weighted by atomic mass is 10.2. The number of sulfonamides is 1. The van der Waals surface area contributed by atoms with Gasteiger partial charge in [0.25, 0.3) is 0 Å². The second-order valence-corrected chi connectivity index (χ2v) is 5.82. The third-order valence-electron chi connectivity index (χ3n) is 2.39. The van der Waals surface area contributed by atoms with Crippen LogP contribution in [0.1, 0.15) is 24.8 Å². The predicted molar refractivity (Wildman–Crippen MR) is 54.8 cm³/mol. The van der Waals surface area contributed by atoms with E-state index in [1.807, 2.05) is 0 Å². The van der Waals surface area contributed by atoms with Gasteiger partial charge in [-0.1, -0.05) is 5.16 Å². The number of hydrogen-bond donors (Lipinski definition) is 1. The fraction of sp³-hybridized carbons (Fsp3) is 0.667. The molecule has 0 bridgehead atoms. The molecule has 0 aliphatic heterocycles. The molecule has 0 atom stereocenters. The average Bonchev–Trinajstić information content (AvgIpc) is 2.94. The molecule has 1 heterocycles. The van der Waals surface area contributed by atoms with Gasteiger partial charge in [0.2, 0.25) is 10.0 Å². The summed E-state index contributed by atoms with van der Waals surface area (Å²) in [4.78, 5) is 0. The van der Waals surface area contributed by atoms with Crippen molar-refractivity contribution in [2.75, 3.05) is 6.54 Å². The van der Waals surface area contributed by atoms with Crippen molar-refractivity contribution in [2.45, 2.75) is 30.9 Å². The third-order valence-corrected chi connectivity index (χ3v) is 4.35. The molecule has 5 nitrogen and oxygen atoms in total. The highest BCUT2D eigenvalue weighted by atomic mass is 32.2. The number of nitrogens with one attached hydrogen (secondary N) is 1. The first kappa shape index (κ1) is 10.6. The van der Waals surface area contributed by atoms with E-state index in [0.717, 1.165) is 31.2 Å². The van der Waals surface area contributed by atoms with Crippen molar-refractivity contribution in [3.63, 3.8) is 0 Å². The molecular weight excluding hydrogens is 216 g/mol. The van der Waals surface area contributed by atoms with Crippen molar-refractivity contribution in [2.24, 2.45) is 0 Å². The molecule has 0 saturated heterocycles. The van der Waals surface area contributed by atoms with Crippen LogP contribution in [0, 0.1) is 0 Å². The molecule has 1 aromatic heterocycles. The van der Waals surface area contributed by atoms with Gasteiger partial charge in [-0.15, -0.1) is 0 Å². The highest BCUT2D eigenvalue weighted by Gasteiger charge is 2.34. The smallest absolute Gasteiger partial charge is 0.214 e. The molecule has 1 aliphatic carbocycles. The van der Waals surface area contributed by atoms with E-state index in [0.29, 0.717) is 6.54 Å². The minimum atomic E-state index is -3.02. The SMILES string of the molecule is O=S(=O)(NCCCc1cnoc1)C1CC1. The lowest BCUT2D eigenvalue weighted by molar-refractivity contribution is 0.418. The Kier molecular flexibility index (Phi) is 3.06. The summed E-state index contributed by atoms with van der Waals surface area (Å²) in [6, 6.07) is 0. The molecule has 1 fully saturated rings. The molecular formula is C9H14N2O3S. The van der Waals surface area contributed by atoms with E-state index < -0.39 is 10.0 Å². The van der Waals surface area contributed by atoms with E-state index in [2.05, 4.69) is 14.4 Å². The second-order valence-electron chi connectivity index (χ2n) is 3.77. The summed E-state index contributed by atoms with van der Waals surface area (Å²) < 4.78 is 30.1. The van der Waals surface area contributed by atoms with Gasteiger partial charge in [0, 0.05) is 12.1 Å². The number of hydrogen-bond acceptors (Lipinski definition) is 4. The first-order valence-corrected chi connectivity index (χ1v) is 6.60. The van der Waals surface area contributed by atoms with E-state index in [9.17, 15) is 8.42 Å². The van der Waals surface area contributed by atoms with Gasteiger partial charge in [-0.05, 0) is 25.7 Å². The normalized spacial score (nSPS) is 16.8. The highest BCUT2D eigenvalue weighted by molar-refractivity contribution is 7.90. The van der Waals surface area contributed by atoms with Crippen molar-refractivity contribution in [3.8, 4) is 0 Å². The van der Waals surface area contributed by atoms with E-state index in [1.165, 1.54) is 0 Å². The molecule has 1 aromatic rings. The van der Waals surface area contributed by atoms with E-state index in [-0.39, 0.29) is 5.25 Å². The minimum Gasteiger partial charge on any atom is -0.364 e. The quantitative estimate of drug-likeness (QED) is 0.730. The zero-order valence-electron chi connectivity index (χ0n) is 8.35. The van der Waals surface area contributed by atoms with Crippen molar-refractivity contribution in [1.82, 2.24) is 9.88 Å². The Morgan fingerprint density at radius 3 is 2.93 bits per heavy atom. The lowest BCUT2D eigenvalue weighted by Gasteiger charge is -2.03. The maximum Gasteiger partial charge on any atom is 0.214 e. The monoisotopic (exact) mass is 230 g/mol. The van der Waals surface area contributed by atoms with E-state index in [1.54, 1.807) is 12.5 Å². The summed E-state index contributed by atoms with van der Waals surface area (Å²) in [6.07, 6.45) is 6.40. The van der Waals surface area contributed by atoms with Crippen LogP contribution in [0.2, 0.25) is 0 Å². The lowest BCUT2D eigenvalue weighted by Crippen LogP contribution is -2.28. The topological polar surface area (TPSA) is 72.2 Å². The van der Waals surface area contributed by atoms with Crippen LogP contribution in [0.25, 0.3) is 0 Å². The zero-order valence-corrected chi connectivity index (χ0v) is 9.16. The first-order chi connectivity index (χ1) is 7.18. The molecule has 84 valence electrons. The Labute approximate surface area is 88.9 Å². The second kappa shape index (κ2) is 4.32. The Morgan fingerprint density at radius 1 is 1.53 bits per heavy atom. The number of rotatable bonds is 6. The van der Waals surface area contributed by atoms with Crippen LogP contribution >= 0.6 is 0 Å². The molecule has 1 saturated carbocycles. The third kappa shape index (κ3) is 3.04. The fourth-order valence-corrected chi connectivity index (χ4v) is 2.77. The Morgan fingerprint density at radius 2 is 2.33 bits per heavy atom. The largest absolute Gasteiger partial charge is 0.364 e. The van der Waals surface area contributed by atoms with Crippen LogP contribution in [0.5, 0.6) is 0 Å². The predicted octanol–water partition coefficient (Wildman–Crippen LogP) is 0.689. The van der Waals surface area contributed by atoms with Gasteiger partial charge >= 0.3 is 0 Å². The Hall–Kier alpha value is -0.880. The number of aromatic nitrogens is 1. The first-order valence-electron chi connectivity index (χ1n) is 5.05. The van der Waals surface area contributed by atoms with Crippen LogP contribution in [-0.2, 0) is 16.4 Å². The van der Waals surface area contributed by atoms with Crippen molar-refractivity contribution < 1.29 is 12.9 Å². The van der Waals surface area contributed by atoms with Gasteiger partial charge in [-0.25, -0.2) is 13.1 Å². The van der Waals surface area contributed by atoms with Crippen LogP contribution in [0.3, 0.4) is 0 Å². The standard InChI is InChI=1S/C9H14N2O3S/c12-15(13,9-3-4-9)11-5-1-2-8-6-10-14-7-8/h6-7,9,11H,1-5H2. The maximum absolute atomic E-state index is 11.4. The highest BCUT2D eigenvalue weighted by Crippen LogP contribution is 2.27. The zero-order chi connectivity index (χ0) is 10.7. The summed E-state index contributed by atoms with van der Waals surface area (Å²) in [5.74, 6) is 0. The molecule has 0 spiro atoms. The molecule has 1 aliphatic rings. The molecule has 0 aromatic carbocycles. The summed E-state index contributed by atoms with van der Waals surface area (Å²) in [5, 5.41) is 3.44. The van der Waals surface area contributed by atoms with Gasteiger partial charge in [0.05, 0.1) is 11.4 Å². The van der Waals surface area contributed by atoms with Crippen LogP contribution in [0.4, 0.5) is 0 Å². The number of aryl methyl sites for hydroxylation is 1. The van der Waals surface area contributed by atoms with E-state index in [4.69, 9.17) is 0 Å². The van der Waals surface area contributed by atoms with E-state index >= 15 is 0 Å². The molecule has 6 heteroatoms. The molecule has 1 N–H and O–H groups in total. The average molecular weight is 230 g/mol. The van der Waals surface area contributed by atoms with Gasteiger partial charge in [0.15, 0.2) is 0 Å². The van der Waals surface area contributed by atoms with Crippen molar-refractivity contribution in [3.05, 3.63) is 18.0 Å². The Bertz CT molecular complexity index is 395. The number of nitrogens with zero attached hydrogens (tertiary/aromatic N) is 1. The minimum absolute atomic E-state index is 0.131. The van der Waals surface area contributed by atoms with Crippen LogP contribution < -0.4 is 4.72 Å². The van der Waals surface area contributed by atoms with Gasteiger partial charge in [0.1, 0.15) is 6.26 Å². The van der Waals surface area contributed by atoms with Gasteiger partial charge < -0.3 is 4.52 Å². The van der Waals surface area contributed by atoms with Crippen LogP contribution in [0.15, 0.2) is 17.0 Å². The summed E-state index contributed by atoms with van der Waals surface area (Å²) in [5.41, 5.74) is 1.00. The summed E-state index contributed by atoms with van der Waals surface area (Å²) in [6.45, 7) is 0.490. The van der Waals surface area contributed by atoms with Crippen molar-refractivity contribution >= 4 is 10.0 Å². The molecule has 0 radical (unpaired) electrons. The maximum atomic E-state index is 11.4. The molecule has 15 heavy (non-hydrogen) atoms. The Balaban J connectivity index is 1.67. The van der Waals surface area contributed by atoms with Crippen molar-refractivity contribution in [1.29, 1.82) is 0 Å². The molecule has 0 unspecified atom stereocenters.